The Hall–Kier alpha value is -3.29. The highest BCUT2D eigenvalue weighted by Gasteiger charge is 2.22. The van der Waals surface area contributed by atoms with E-state index in [9.17, 15) is 4.79 Å². The first-order valence-corrected chi connectivity index (χ1v) is 11.6. The van der Waals surface area contributed by atoms with Gasteiger partial charge in [-0.05, 0) is 53.8 Å². The number of rotatable bonds is 8. The molecule has 0 aliphatic carbocycles. The zero-order valence-electron chi connectivity index (χ0n) is 18.6. The van der Waals surface area contributed by atoms with Crippen LogP contribution in [0.2, 0.25) is 5.02 Å². The maximum atomic E-state index is 13.5. The number of ether oxygens (including phenoxy) is 2. The van der Waals surface area contributed by atoms with E-state index in [0.717, 1.165) is 16.1 Å². The Morgan fingerprint density at radius 2 is 1.85 bits per heavy atom. The normalized spacial score (nSPS) is 10.8. The number of halogens is 1. The molecule has 0 N–H and O–H groups in total. The lowest BCUT2D eigenvalue weighted by molar-refractivity contribution is 0.0787. The number of carbonyl (C=O) groups excluding carboxylic acids is 1. The molecule has 0 unspecified atom stereocenters. The summed E-state index contributed by atoms with van der Waals surface area (Å²) < 4.78 is 12.3. The summed E-state index contributed by atoms with van der Waals surface area (Å²) >= 11 is 8.01. The van der Waals surface area contributed by atoms with Gasteiger partial charge in [-0.3, -0.25) is 4.79 Å². The molecule has 0 saturated heterocycles. The fourth-order valence-electron chi connectivity index (χ4n) is 3.52. The van der Waals surface area contributed by atoms with Crippen molar-refractivity contribution in [3.05, 3.63) is 82.3 Å². The van der Waals surface area contributed by atoms with Gasteiger partial charge in [0.2, 0.25) is 0 Å². The second-order valence-electron chi connectivity index (χ2n) is 7.42. The molecule has 0 fully saturated rings. The lowest BCUT2D eigenvalue weighted by Gasteiger charge is -2.18. The second-order valence-corrected chi connectivity index (χ2v) is 8.78. The highest BCUT2D eigenvalue weighted by molar-refractivity contribution is 7.13. The van der Waals surface area contributed by atoms with Crippen molar-refractivity contribution < 1.29 is 14.3 Å². The van der Waals surface area contributed by atoms with Gasteiger partial charge in [0.05, 0.1) is 29.8 Å². The van der Waals surface area contributed by atoms with Gasteiger partial charge >= 0.3 is 0 Å². The summed E-state index contributed by atoms with van der Waals surface area (Å²) in [5.74, 6) is 1.21. The predicted molar refractivity (Wildman–Crippen MR) is 132 cm³/mol. The molecule has 0 spiro atoms. The van der Waals surface area contributed by atoms with E-state index in [1.165, 1.54) is 0 Å². The first kappa shape index (κ1) is 22.9. The Bertz CT molecular complexity index is 1250. The van der Waals surface area contributed by atoms with Crippen LogP contribution in [0.5, 0.6) is 11.5 Å². The minimum absolute atomic E-state index is 0.134. The molecule has 2 heterocycles. The molecule has 2 aromatic carbocycles. The number of amides is 1. The van der Waals surface area contributed by atoms with Crippen LogP contribution in [0.15, 0.2) is 66.0 Å². The quantitative estimate of drug-likeness (QED) is 0.329. The Balaban J connectivity index is 1.60. The van der Waals surface area contributed by atoms with Crippen LogP contribution < -0.4 is 9.47 Å². The molecule has 1 amide bonds. The van der Waals surface area contributed by atoms with E-state index in [1.54, 1.807) is 48.3 Å². The lowest BCUT2D eigenvalue weighted by Crippen LogP contribution is -2.30. The lowest BCUT2D eigenvalue weighted by atomic mass is 10.1. The van der Waals surface area contributed by atoms with Crippen LogP contribution in [0.4, 0.5) is 0 Å². The zero-order valence-corrected chi connectivity index (χ0v) is 20.2. The van der Waals surface area contributed by atoms with Crippen LogP contribution in [-0.2, 0) is 6.42 Å². The fraction of sp³-hybridized carbons (Fsp3) is 0.200. The van der Waals surface area contributed by atoms with Crippen LogP contribution in [0.25, 0.3) is 16.3 Å². The SMILES string of the molecule is COc1ccc(CCN(C)C(=O)c2cc(-c3cccs3)nn2-c2ccccc2Cl)cc1OC. The van der Waals surface area contributed by atoms with E-state index in [-0.39, 0.29) is 5.91 Å². The molecule has 0 radical (unpaired) electrons. The highest BCUT2D eigenvalue weighted by Crippen LogP contribution is 2.29. The van der Waals surface area contributed by atoms with Gasteiger partial charge in [-0.25, -0.2) is 4.68 Å². The average molecular weight is 482 g/mol. The molecular weight excluding hydrogens is 458 g/mol. The Morgan fingerprint density at radius 1 is 1.06 bits per heavy atom. The summed E-state index contributed by atoms with van der Waals surface area (Å²) in [7, 11) is 5.01. The van der Waals surface area contributed by atoms with Gasteiger partial charge in [-0.2, -0.15) is 5.10 Å². The molecule has 4 aromatic rings. The number of hydrogen-bond acceptors (Lipinski definition) is 5. The number of likely N-dealkylation sites (N-methyl/N-ethyl adjacent to an activating group) is 1. The van der Waals surface area contributed by atoms with E-state index in [0.29, 0.717) is 40.9 Å². The summed E-state index contributed by atoms with van der Waals surface area (Å²) in [4.78, 5) is 16.1. The van der Waals surface area contributed by atoms with Crippen LogP contribution in [0.3, 0.4) is 0 Å². The third kappa shape index (κ3) is 4.89. The first-order valence-electron chi connectivity index (χ1n) is 10.4. The maximum absolute atomic E-state index is 13.5. The third-order valence-corrected chi connectivity index (χ3v) is 6.53. The zero-order chi connectivity index (χ0) is 23.4. The van der Waals surface area contributed by atoms with Gasteiger partial charge in [0, 0.05) is 13.6 Å². The van der Waals surface area contributed by atoms with Gasteiger partial charge in [-0.15, -0.1) is 11.3 Å². The molecule has 0 aliphatic rings. The molecule has 0 saturated carbocycles. The molecule has 2 aromatic heterocycles. The molecule has 4 rings (SSSR count). The topological polar surface area (TPSA) is 56.6 Å². The smallest absolute Gasteiger partial charge is 0.272 e. The Kier molecular flexibility index (Phi) is 7.01. The van der Waals surface area contributed by atoms with Crippen molar-refractivity contribution in [3.8, 4) is 27.8 Å². The van der Waals surface area contributed by atoms with Crippen molar-refractivity contribution in [3.63, 3.8) is 0 Å². The number of thiophene rings is 1. The second kappa shape index (κ2) is 10.1. The van der Waals surface area contributed by atoms with Crippen LogP contribution in [0, 0.1) is 0 Å². The number of nitrogens with zero attached hydrogens (tertiary/aromatic N) is 3. The Labute approximate surface area is 201 Å². The maximum Gasteiger partial charge on any atom is 0.272 e. The van der Waals surface area contributed by atoms with E-state index < -0.39 is 0 Å². The number of carbonyl (C=O) groups is 1. The summed E-state index contributed by atoms with van der Waals surface area (Å²) in [5.41, 5.74) is 2.91. The van der Waals surface area contributed by atoms with Crippen molar-refractivity contribution in [2.75, 3.05) is 27.8 Å². The number of aromatic nitrogens is 2. The number of benzene rings is 2. The van der Waals surface area contributed by atoms with Crippen molar-refractivity contribution in [1.82, 2.24) is 14.7 Å². The monoisotopic (exact) mass is 481 g/mol. The largest absolute Gasteiger partial charge is 0.493 e. The van der Waals surface area contributed by atoms with Crippen LogP contribution >= 0.6 is 22.9 Å². The molecule has 0 aliphatic heterocycles. The molecule has 33 heavy (non-hydrogen) atoms. The van der Waals surface area contributed by atoms with Crippen molar-refractivity contribution in [1.29, 1.82) is 0 Å². The number of para-hydroxylation sites is 1. The van der Waals surface area contributed by atoms with E-state index in [2.05, 4.69) is 0 Å². The highest BCUT2D eigenvalue weighted by atomic mass is 35.5. The average Bonchev–Trinajstić information content (AvgIpc) is 3.52. The summed E-state index contributed by atoms with van der Waals surface area (Å²) in [6.45, 7) is 0.524. The van der Waals surface area contributed by atoms with Gasteiger partial charge in [0.25, 0.3) is 5.91 Å². The molecule has 8 heteroatoms. The van der Waals surface area contributed by atoms with Crippen LogP contribution in [0.1, 0.15) is 16.1 Å². The van der Waals surface area contributed by atoms with Crippen LogP contribution in [-0.4, -0.2) is 48.4 Å². The summed E-state index contributed by atoms with van der Waals surface area (Å²) in [6, 6.07) is 18.9. The minimum Gasteiger partial charge on any atom is -0.493 e. The van der Waals surface area contributed by atoms with Gasteiger partial charge in [-0.1, -0.05) is 35.9 Å². The molecule has 0 atom stereocenters. The molecule has 170 valence electrons. The molecule has 0 bridgehead atoms. The van der Waals surface area contributed by atoms with Gasteiger partial charge < -0.3 is 14.4 Å². The van der Waals surface area contributed by atoms with E-state index in [1.807, 2.05) is 60.0 Å². The van der Waals surface area contributed by atoms with Gasteiger partial charge in [0.15, 0.2) is 11.5 Å². The Morgan fingerprint density at radius 3 is 2.55 bits per heavy atom. The van der Waals surface area contributed by atoms with Crippen molar-refractivity contribution in [2.24, 2.45) is 0 Å². The first-order chi connectivity index (χ1) is 16.0. The van der Waals surface area contributed by atoms with E-state index in [4.69, 9.17) is 26.2 Å². The van der Waals surface area contributed by atoms with Gasteiger partial charge in [0.1, 0.15) is 11.4 Å². The minimum atomic E-state index is -0.134. The summed E-state index contributed by atoms with van der Waals surface area (Å²) in [5, 5.41) is 7.23. The predicted octanol–water partition coefficient (Wildman–Crippen LogP) is 5.59. The molecule has 6 nitrogen and oxygen atoms in total. The number of hydrogen-bond donors (Lipinski definition) is 0. The standard InChI is InChI=1S/C25H24ClN3O3S/c1-28(13-12-17-10-11-22(31-2)23(15-17)32-3)25(30)21-16-19(24-9-6-14-33-24)27-29(21)20-8-5-4-7-18(20)26/h4-11,14-16H,12-13H2,1-3H3. The van der Waals surface area contributed by atoms with Crippen molar-refractivity contribution >= 4 is 28.8 Å². The summed E-state index contributed by atoms with van der Waals surface area (Å²) in [6.07, 6.45) is 0.667. The fourth-order valence-corrected chi connectivity index (χ4v) is 4.41. The number of methoxy groups -OCH3 is 2. The molecular formula is C25H24ClN3O3S. The van der Waals surface area contributed by atoms with E-state index >= 15 is 0 Å². The third-order valence-electron chi connectivity index (χ3n) is 5.31. The van der Waals surface area contributed by atoms with Crippen molar-refractivity contribution in [2.45, 2.75) is 6.42 Å².